The van der Waals surface area contributed by atoms with Crippen LogP contribution in [0.5, 0.6) is 5.75 Å². The molecule has 0 spiro atoms. The Morgan fingerprint density at radius 3 is 2.57 bits per heavy atom. The van der Waals surface area contributed by atoms with Crippen molar-refractivity contribution in [3.05, 3.63) is 23.0 Å². The first kappa shape index (κ1) is 22.4. The van der Waals surface area contributed by atoms with Crippen LogP contribution < -0.4 is 9.54 Å². The second-order valence-corrected chi connectivity index (χ2v) is 10.1. The van der Waals surface area contributed by atoms with Crippen LogP contribution in [-0.2, 0) is 30.7 Å². The largest absolute Gasteiger partial charge is 0.497 e. The van der Waals surface area contributed by atoms with Crippen LogP contribution in [-0.4, -0.2) is 75.1 Å². The molecule has 0 aliphatic carbocycles. The van der Waals surface area contributed by atoms with Crippen molar-refractivity contribution in [1.82, 2.24) is 9.47 Å². The number of sulfone groups is 1. The van der Waals surface area contributed by atoms with Gasteiger partial charge in [0.1, 0.15) is 17.3 Å². The van der Waals surface area contributed by atoms with E-state index in [-0.39, 0.29) is 0 Å². The summed E-state index contributed by atoms with van der Waals surface area (Å²) in [7, 11) is -0.752. The molecule has 3 rings (SSSR count). The zero-order valence-corrected chi connectivity index (χ0v) is 18.6. The van der Waals surface area contributed by atoms with E-state index >= 15 is 0 Å². The van der Waals surface area contributed by atoms with E-state index in [1.54, 1.807) is 20.3 Å². The molecule has 0 saturated carbocycles. The molecular formula is C19H25N3O6S2. The SMILES string of the molecule is COCCn1c(=NC(=O)CS(=O)(=O)CC(=O)N2CCCC2)sc2cc(OC)ccc21. The lowest BCUT2D eigenvalue weighted by Crippen LogP contribution is -2.35. The monoisotopic (exact) mass is 455 g/mol. The molecule has 2 aromatic rings. The third-order valence-corrected chi connectivity index (χ3v) is 7.19. The Labute approximate surface area is 178 Å². The normalized spacial score (nSPS) is 15.1. The number of nitrogens with zero attached hydrogens (tertiary/aromatic N) is 3. The highest BCUT2D eigenvalue weighted by molar-refractivity contribution is 7.92. The predicted octanol–water partition coefficient (Wildman–Crippen LogP) is 0.822. The maximum absolute atomic E-state index is 12.4. The number of hydrogen-bond acceptors (Lipinski definition) is 7. The fourth-order valence-electron chi connectivity index (χ4n) is 3.29. The van der Waals surface area contributed by atoms with Crippen molar-refractivity contribution in [2.75, 3.05) is 45.4 Å². The van der Waals surface area contributed by atoms with Gasteiger partial charge in [-0.3, -0.25) is 9.59 Å². The molecule has 0 bridgehead atoms. The van der Waals surface area contributed by atoms with Crippen LogP contribution in [0.25, 0.3) is 10.2 Å². The average molecular weight is 456 g/mol. The van der Waals surface area contributed by atoms with Gasteiger partial charge in [-0.15, -0.1) is 0 Å². The van der Waals surface area contributed by atoms with Gasteiger partial charge in [-0.1, -0.05) is 11.3 Å². The van der Waals surface area contributed by atoms with Gasteiger partial charge in [0.05, 0.1) is 23.9 Å². The van der Waals surface area contributed by atoms with Gasteiger partial charge < -0.3 is 18.9 Å². The zero-order chi connectivity index (χ0) is 21.7. The number of fused-ring (bicyclic) bond motifs is 1. The van der Waals surface area contributed by atoms with Crippen molar-refractivity contribution in [2.24, 2.45) is 4.99 Å². The second-order valence-electron chi connectivity index (χ2n) is 6.99. The number of aromatic nitrogens is 1. The van der Waals surface area contributed by atoms with Gasteiger partial charge in [0, 0.05) is 26.7 Å². The van der Waals surface area contributed by atoms with Crippen LogP contribution in [0, 0.1) is 0 Å². The standard InChI is InChI=1S/C19H25N3O6S2/c1-27-10-9-22-15-6-5-14(28-2)11-16(15)29-19(22)20-17(23)12-30(25,26)13-18(24)21-7-3-4-8-21/h5-6,11H,3-4,7-10,12-13H2,1-2H3. The lowest BCUT2D eigenvalue weighted by atomic mass is 10.3. The first-order valence-corrected chi connectivity index (χ1v) is 12.2. The number of thiazole rings is 1. The van der Waals surface area contributed by atoms with Crippen molar-refractivity contribution < 1.29 is 27.5 Å². The summed E-state index contributed by atoms with van der Waals surface area (Å²) in [6, 6.07) is 5.49. The smallest absolute Gasteiger partial charge is 0.263 e. The van der Waals surface area contributed by atoms with E-state index < -0.39 is 33.2 Å². The van der Waals surface area contributed by atoms with Crippen LogP contribution in [0.3, 0.4) is 0 Å². The highest BCUT2D eigenvalue weighted by Crippen LogP contribution is 2.23. The van der Waals surface area contributed by atoms with Gasteiger partial charge in [-0.05, 0) is 31.0 Å². The van der Waals surface area contributed by atoms with Gasteiger partial charge in [0.15, 0.2) is 14.6 Å². The highest BCUT2D eigenvalue weighted by Gasteiger charge is 2.26. The summed E-state index contributed by atoms with van der Waals surface area (Å²) in [5.74, 6) is -2.04. The number of likely N-dealkylation sites (tertiary alicyclic amines) is 1. The zero-order valence-electron chi connectivity index (χ0n) is 17.0. The molecule has 1 aromatic carbocycles. The van der Waals surface area contributed by atoms with E-state index in [1.165, 1.54) is 16.2 Å². The van der Waals surface area contributed by atoms with E-state index in [0.29, 0.717) is 36.8 Å². The lowest BCUT2D eigenvalue weighted by Gasteiger charge is -2.14. The second kappa shape index (κ2) is 9.71. The van der Waals surface area contributed by atoms with Crippen molar-refractivity contribution in [3.63, 3.8) is 0 Å². The molecule has 2 amide bonds. The van der Waals surface area contributed by atoms with Crippen LogP contribution >= 0.6 is 11.3 Å². The lowest BCUT2D eigenvalue weighted by molar-refractivity contribution is -0.127. The molecule has 2 heterocycles. The Hall–Kier alpha value is -2.24. The van der Waals surface area contributed by atoms with Gasteiger partial charge in [0.2, 0.25) is 5.91 Å². The molecule has 1 saturated heterocycles. The maximum atomic E-state index is 12.4. The topological polar surface area (TPSA) is 107 Å². The molecule has 1 aliphatic heterocycles. The molecule has 0 atom stereocenters. The summed E-state index contributed by atoms with van der Waals surface area (Å²) < 4.78 is 37.7. The summed E-state index contributed by atoms with van der Waals surface area (Å²) in [4.78, 5) is 30.5. The Balaban J connectivity index is 1.83. The summed E-state index contributed by atoms with van der Waals surface area (Å²) >= 11 is 1.26. The number of ether oxygens (including phenoxy) is 2. The Bertz CT molecular complexity index is 1100. The highest BCUT2D eigenvalue weighted by atomic mass is 32.2. The minimum atomic E-state index is -3.89. The van der Waals surface area contributed by atoms with Gasteiger partial charge in [-0.25, -0.2) is 8.42 Å². The summed E-state index contributed by atoms with van der Waals surface area (Å²) in [5.41, 5.74) is 0.844. The molecule has 0 unspecified atom stereocenters. The van der Waals surface area contributed by atoms with Gasteiger partial charge >= 0.3 is 0 Å². The molecular weight excluding hydrogens is 430 g/mol. The van der Waals surface area contributed by atoms with E-state index in [2.05, 4.69) is 4.99 Å². The van der Waals surface area contributed by atoms with Crippen LogP contribution in [0.1, 0.15) is 12.8 Å². The molecule has 30 heavy (non-hydrogen) atoms. The minimum absolute atomic E-state index is 0.376. The average Bonchev–Trinajstić information content (AvgIpc) is 3.33. The van der Waals surface area contributed by atoms with Crippen LogP contribution in [0.2, 0.25) is 0 Å². The third-order valence-electron chi connectivity index (χ3n) is 4.77. The fraction of sp³-hybridized carbons (Fsp3) is 0.526. The van der Waals surface area contributed by atoms with Crippen molar-refractivity contribution >= 4 is 43.2 Å². The quantitative estimate of drug-likeness (QED) is 0.583. The molecule has 1 aromatic heterocycles. The molecule has 164 valence electrons. The predicted molar refractivity (Wildman–Crippen MR) is 113 cm³/mol. The number of carbonyl (C=O) groups excluding carboxylic acids is 2. The van der Waals surface area contributed by atoms with Crippen molar-refractivity contribution in [3.8, 4) is 5.75 Å². The number of amides is 2. The Kier molecular flexibility index (Phi) is 7.27. The van der Waals surface area contributed by atoms with Gasteiger partial charge in [0.25, 0.3) is 5.91 Å². The molecule has 1 fully saturated rings. The Morgan fingerprint density at radius 2 is 1.90 bits per heavy atom. The first-order valence-electron chi connectivity index (χ1n) is 9.55. The maximum Gasteiger partial charge on any atom is 0.263 e. The number of hydrogen-bond donors (Lipinski definition) is 0. The van der Waals surface area contributed by atoms with Crippen LogP contribution in [0.15, 0.2) is 23.2 Å². The number of benzene rings is 1. The summed E-state index contributed by atoms with van der Waals surface area (Å²) in [6.45, 7) is 1.99. The van der Waals surface area contributed by atoms with Gasteiger partial charge in [-0.2, -0.15) is 4.99 Å². The van der Waals surface area contributed by atoms with Crippen LogP contribution in [0.4, 0.5) is 0 Å². The van der Waals surface area contributed by atoms with E-state index in [1.807, 2.05) is 16.7 Å². The molecule has 1 aliphatic rings. The fourth-order valence-corrected chi connectivity index (χ4v) is 5.49. The molecule has 0 radical (unpaired) electrons. The van der Waals surface area contributed by atoms with Crippen molar-refractivity contribution in [1.29, 1.82) is 0 Å². The molecule has 0 N–H and O–H groups in total. The van der Waals surface area contributed by atoms with Crippen molar-refractivity contribution in [2.45, 2.75) is 19.4 Å². The third kappa shape index (κ3) is 5.46. The van der Waals surface area contributed by atoms with E-state index in [0.717, 1.165) is 23.1 Å². The Morgan fingerprint density at radius 1 is 1.17 bits per heavy atom. The molecule has 11 heteroatoms. The number of rotatable bonds is 8. The first-order chi connectivity index (χ1) is 14.3. The van der Waals surface area contributed by atoms with E-state index in [4.69, 9.17) is 9.47 Å². The summed E-state index contributed by atoms with van der Waals surface area (Å²) in [5, 5.41) is 0. The summed E-state index contributed by atoms with van der Waals surface area (Å²) in [6.07, 6.45) is 1.75. The number of methoxy groups -OCH3 is 2. The minimum Gasteiger partial charge on any atom is -0.497 e. The number of carbonyl (C=O) groups is 2. The molecule has 9 nitrogen and oxygen atoms in total. The van der Waals surface area contributed by atoms with E-state index in [9.17, 15) is 18.0 Å².